The molecule has 0 heterocycles. The smallest absolute Gasteiger partial charge is 0.220 e. The lowest BCUT2D eigenvalue weighted by Crippen LogP contribution is -2.37. The first-order valence-electron chi connectivity index (χ1n) is 5.33. The van der Waals surface area contributed by atoms with Gasteiger partial charge in [0.05, 0.1) is 12.6 Å². The Hall–Kier alpha value is -0.830. The molecule has 1 aliphatic carbocycles. The molecule has 1 aliphatic rings. The predicted octanol–water partition coefficient (Wildman–Crippen LogP) is 1.23. The van der Waals surface area contributed by atoms with Crippen molar-refractivity contribution >= 4 is 5.91 Å². The maximum absolute atomic E-state index is 11.5. The van der Waals surface area contributed by atoms with Crippen LogP contribution < -0.4 is 5.32 Å². The third-order valence-corrected chi connectivity index (χ3v) is 2.64. The molecule has 0 aromatic carbocycles. The van der Waals surface area contributed by atoms with E-state index < -0.39 is 0 Å². The zero-order valence-electron chi connectivity index (χ0n) is 8.70. The molecule has 1 unspecified atom stereocenters. The summed E-state index contributed by atoms with van der Waals surface area (Å²) >= 11 is 0. The Balaban J connectivity index is 2.23. The van der Waals surface area contributed by atoms with E-state index >= 15 is 0 Å². The number of carbonyl (C=O) groups is 1. The fourth-order valence-electron chi connectivity index (χ4n) is 1.67. The van der Waals surface area contributed by atoms with Gasteiger partial charge in [0.15, 0.2) is 0 Å². The molecule has 2 N–H and O–H groups in total. The number of hydrogen-bond donors (Lipinski definition) is 2. The van der Waals surface area contributed by atoms with Crippen LogP contribution in [0.2, 0.25) is 0 Å². The fourth-order valence-corrected chi connectivity index (χ4v) is 1.67. The lowest BCUT2D eigenvalue weighted by atomic mass is 10.0. The minimum atomic E-state index is -0.0760. The van der Waals surface area contributed by atoms with Crippen molar-refractivity contribution in [2.24, 2.45) is 5.92 Å². The van der Waals surface area contributed by atoms with E-state index in [1.165, 1.54) is 0 Å². The summed E-state index contributed by atoms with van der Waals surface area (Å²) < 4.78 is 0. The highest BCUT2D eigenvalue weighted by Gasteiger charge is 2.15. The Kier molecular flexibility index (Phi) is 4.66. The normalized spacial score (nSPS) is 22.3. The molecule has 0 aromatic heterocycles. The number of aliphatic hydroxyl groups excluding tert-OH is 1. The molecule has 2 atom stereocenters. The zero-order chi connectivity index (χ0) is 10.4. The lowest BCUT2D eigenvalue weighted by molar-refractivity contribution is -0.122. The van der Waals surface area contributed by atoms with Gasteiger partial charge in [-0.3, -0.25) is 4.79 Å². The highest BCUT2D eigenvalue weighted by molar-refractivity contribution is 5.76. The summed E-state index contributed by atoms with van der Waals surface area (Å²) in [6, 6.07) is -0.0760. The number of rotatable bonds is 5. The minimum Gasteiger partial charge on any atom is -0.394 e. The Morgan fingerprint density at radius 2 is 2.50 bits per heavy atom. The Bertz CT molecular complexity index is 209. The van der Waals surface area contributed by atoms with Gasteiger partial charge in [-0.05, 0) is 25.2 Å². The predicted molar refractivity (Wildman–Crippen MR) is 55.8 cm³/mol. The van der Waals surface area contributed by atoms with Crippen molar-refractivity contribution < 1.29 is 9.90 Å². The van der Waals surface area contributed by atoms with Crippen LogP contribution in [0.25, 0.3) is 0 Å². The molecule has 0 bridgehead atoms. The average Bonchev–Trinajstić information content (AvgIpc) is 2.66. The van der Waals surface area contributed by atoms with Gasteiger partial charge in [-0.2, -0.15) is 0 Å². The molecule has 14 heavy (non-hydrogen) atoms. The van der Waals surface area contributed by atoms with Gasteiger partial charge in [0.2, 0.25) is 5.91 Å². The fraction of sp³-hybridized carbons (Fsp3) is 0.727. The van der Waals surface area contributed by atoms with E-state index in [4.69, 9.17) is 5.11 Å². The maximum Gasteiger partial charge on any atom is 0.220 e. The Morgan fingerprint density at radius 1 is 1.71 bits per heavy atom. The molecule has 1 rings (SSSR count). The third-order valence-electron chi connectivity index (χ3n) is 2.64. The van der Waals surface area contributed by atoms with Gasteiger partial charge in [0.1, 0.15) is 0 Å². The van der Waals surface area contributed by atoms with Crippen LogP contribution in [0.1, 0.15) is 32.6 Å². The van der Waals surface area contributed by atoms with Gasteiger partial charge in [0.25, 0.3) is 0 Å². The summed E-state index contributed by atoms with van der Waals surface area (Å²) in [6.45, 7) is 1.99. The van der Waals surface area contributed by atoms with E-state index in [0.717, 1.165) is 19.3 Å². The molecular formula is C11H19NO2. The van der Waals surface area contributed by atoms with Gasteiger partial charge in [-0.1, -0.05) is 19.1 Å². The Labute approximate surface area is 85.2 Å². The van der Waals surface area contributed by atoms with Crippen LogP contribution >= 0.6 is 0 Å². The largest absolute Gasteiger partial charge is 0.394 e. The van der Waals surface area contributed by atoms with Crippen molar-refractivity contribution in [3.8, 4) is 0 Å². The number of carbonyl (C=O) groups excluding carboxylic acids is 1. The highest BCUT2D eigenvalue weighted by atomic mass is 16.3. The van der Waals surface area contributed by atoms with Gasteiger partial charge in [0, 0.05) is 6.42 Å². The summed E-state index contributed by atoms with van der Waals surface area (Å²) in [4.78, 5) is 11.5. The van der Waals surface area contributed by atoms with Crippen molar-refractivity contribution in [2.45, 2.75) is 38.6 Å². The minimum absolute atomic E-state index is 0.0305. The summed E-state index contributed by atoms with van der Waals surface area (Å²) in [5.41, 5.74) is 0. The molecule has 3 nitrogen and oxygen atoms in total. The maximum atomic E-state index is 11.5. The number of amides is 1. The van der Waals surface area contributed by atoms with Crippen molar-refractivity contribution in [3.05, 3.63) is 12.2 Å². The summed E-state index contributed by atoms with van der Waals surface area (Å²) in [6.07, 6.45) is 7.76. The van der Waals surface area contributed by atoms with E-state index in [9.17, 15) is 4.79 Å². The number of allylic oxidation sites excluding steroid dienone is 2. The lowest BCUT2D eigenvalue weighted by Gasteiger charge is -2.15. The van der Waals surface area contributed by atoms with E-state index in [1.54, 1.807) is 0 Å². The van der Waals surface area contributed by atoms with Crippen LogP contribution in [0, 0.1) is 5.92 Å². The third kappa shape index (κ3) is 3.50. The average molecular weight is 197 g/mol. The van der Waals surface area contributed by atoms with Gasteiger partial charge >= 0.3 is 0 Å². The van der Waals surface area contributed by atoms with E-state index in [1.807, 2.05) is 6.92 Å². The number of hydrogen-bond acceptors (Lipinski definition) is 2. The molecule has 0 saturated carbocycles. The SMILES string of the molecule is CC[C@H](CO)NC(=O)CC1C=CCC1. The van der Waals surface area contributed by atoms with Crippen LogP contribution in [-0.2, 0) is 4.79 Å². The molecule has 0 spiro atoms. The van der Waals surface area contributed by atoms with E-state index in [0.29, 0.717) is 12.3 Å². The highest BCUT2D eigenvalue weighted by Crippen LogP contribution is 2.19. The second-order valence-electron chi connectivity index (χ2n) is 3.82. The first-order valence-corrected chi connectivity index (χ1v) is 5.33. The van der Waals surface area contributed by atoms with Crippen LogP contribution in [0.5, 0.6) is 0 Å². The topological polar surface area (TPSA) is 49.3 Å². The van der Waals surface area contributed by atoms with Gasteiger partial charge < -0.3 is 10.4 Å². The molecule has 0 aliphatic heterocycles. The summed E-state index contributed by atoms with van der Waals surface area (Å²) in [5.74, 6) is 0.466. The Morgan fingerprint density at radius 3 is 3.00 bits per heavy atom. The molecule has 1 amide bonds. The second kappa shape index (κ2) is 5.81. The molecular weight excluding hydrogens is 178 g/mol. The molecule has 0 fully saturated rings. The first kappa shape index (κ1) is 11.2. The van der Waals surface area contributed by atoms with Crippen LogP contribution in [-0.4, -0.2) is 23.7 Å². The number of nitrogens with one attached hydrogen (secondary N) is 1. The standard InChI is InChI=1S/C11H19NO2/c1-2-10(8-13)12-11(14)7-9-5-3-4-6-9/h3,5,9-10,13H,2,4,6-8H2,1H3,(H,12,14)/t9?,10-/m1/s1. The van der Waals surface area contributed by atoms with Gasteiger partial charge in [-0.25, -0.2) is 0 Å². The van der Waals surface area contributed by atoms with E-state index in [-0.39, 0.29) is 18.6 Å². The summed E-state index contributed by atoms with van der Waals surface area (Å²) in [7, 11) is 0. The monoisotopic (exact) mass is 197 g/mol. The van der Waals surface area contributed by atoms with Crippen molar-refractivity contribution in [1.29, 1.82) is 0 Å². The molecule has 3 heteroatoms. The van der Waals surface area contributed by atoms with Crippen molar-refractivity contribution in [3.63, 3.8) is 0 Å². The van der Waals surface area contributed by atoms with Crippen LogP contribution in [0.3, 0.4) is 0 Å². The molecule has 0 radical (unpaired) electrons. The summed E-state index contributed by atoms with van der Waals surface area (Å²) in [5, 5.41) is 11.7. The van der Waals surface area contributed by atoms with Crippen molar-refractivity contribution in [1.82, 2.24) is 5.32 Å². The molecule has 0 saturated heterocycles. The van der Waals surface area contributed by atoms with Gasteiger partial charge in [-0.15, -0.1) is 0 Å². The number of aliphatic hydroxyl groups is 1. The van der Waals surface area contributed by atoms with Crippen LogP contribution in [0.15, 0.2) is 12.2 Å². The van der Waals surface area contributed by atoms with E-state index in [2.05, 4.69) is 17.5 Å². The van der Waals surface area contributed by atoms with Crippen LogP contribution in [0.4, 0.5) is 0 Å². The zero-order valence-corrected chi connectivity index (χ0v) is 8.70. The second-order valence-corrected chi connectivity index (χ2v) is 3.82. The molecule has 80 valence electrons. The quantitative estimate of drug-likeness (QED) is 0.651. The van der Waals surface area contributed by atoms with Crippen molar-refractivity contribution in [2.75, 3.05) is 6.61 Å². The first-order chi connectivity index (χ1) is 6.76. The molecule has 0 aromatic rings.